The van der Waals surface area contributed by atoms with E-state index in [1.54, 1.807) is 19.2 Å². The topological polar surface area (TPSA) is 30.0 Å². The minimum atomic E-state index is -0.233. The van der Waals surface area contributed by atoms with E-state index in [0.717, 1.165) is 15.4 Å². The molecule has 0 saturated heterocycles. The highest BCUT2D eigenvalue weighted by molar-refractivity contribution is 7.11. The number of benzene rings is 1. The molecule has 17 heavy (non-hydrogen) atoms. The van der Waals surface area contributed by atoms with E-state index in [-0.39, 0.29) is 11.6 Å². The van der Waals surface area contributed by atoms with E-state index in [9.17, 15) is 9.18 Å². The van der Waals surface area contributed by atoms with Gasteiger partial charge in [0, 0.05) is 23.9 Å². The fourth-order valence-corrected chi connectivity index (χ4v) is 2.61. The second kappa shape index (κ2) is 5.19. The van der Waals surface area contributed by atoms with Crippen molar-refractivity contribution in [2.75, 3.05) is 0 Å². The standard InChI is InChI=1S/C13H12FNOS/c1-9(16)5-12-8-15-13(17-12)7-10-3-2-4-11(14)6-10/h2-4,6,8H,5,7H2,1H3. The molecule has 0 amide bonds. The zero-order valence-electron chi connectivity index (χ0n) is 9.44. The van der Waals surface area contributed by atoms with Crippen LogP contribution < -0.4 is 0 Å². The van der Waals surface area contributed by atoms with Crippen molar-refractivity contribution in [2.45, 2.75) is 19.8 Å². The number of hydrogen-bond acceptors (Lipinski definition) is 3. The SMILES string of the molecule is CC(=O)Cc1cnc(Cc2cccc(F)c2)s1. The average molecular weight is 249 g/mol. The summed E-state index contributed by atoms with van der Waals surface area (Å²) in [4.78, 5) is 16.2. The van der Waals surface area contributed by atoms with Crippen molar-refractivity contribution < 1.29 is 9.18 Å². The number of ketones is 1. The van der Waals surface area contributed by atoms with Crippen LogP contribution in [0.25, 0.3) is 0 Å². The van der Waals surface area contributed by atoms with Crippen LogP contribution >= 0.6 is 11.3 Å². The van der Waals surface area contributed by atoms with E-state index < -0.39 is 0 Å². The fourth-order valence-electron chi connectivity index (χ4n) is 1.58. The lowest BCUT2D eigenvalue weighted by atomic mass is 10.1. The Bertz CT molecular complexity index is 536. The zero-order chi connectivity index (χ0) is 12.3. The van der Waals surface area contributed by atoms with E-state index in [1.165, 1.54) is 23.5 Å². The molecule has 0 aliphatic heterocycles. The third-order valence-electron chi connectivity index (χ3n) is 2.27. The van der Waals surface area contributed by atoms with E-state index in [1.807, 2.05) is 6.07 Å². The van der Waals surface area contributed by atoms with Gasteiger partial charge < -0.3 is 0 Å². The first-order chi connectivity index (χ1) is 8.13. The maximum atomic E-state index is 13.0. The minimum absolute atomic E-state index is 0.131. The molecule has 2 nitrogen and oxygen atoms in total. The first-order valence-corrected chi connectivity index (χ1v) is 6.12. The van der Waals surface area contributed by atoms with Gasteiger partial charge in [0.2, 0.25) is 0 Å². The normalized spacial score (nSPS) is 10.5. The fraction of sp³-hybridized carbons (Fsp3) is 0.231. The van der Waals surface area contributed by atoms with Crippen molar-refractivity contribution in [2.24, 2.45) is 0 Å². The highest BCUT2D eigenvalue weighted by atomic mass is 32.1. The van der Waals surface area contributed by atoms with Crippen molar-refractivity contribution in [1.29, 1.82) is 0 Å². The number of nitrogens with zero attached hydrogens (tertiary/aromatic N) is 1. The number of carbonyl (C=O) groups excluding carboxylic acids is 1. The van der Waals surface area contributed by atoms with Crippen LogP contribution in [0.3, 0.4) is 0 Å². The quantitative estimate of drug-likeness (QED) is 0.833. The van der Waals surface area contributed by atoms with Crippen LogP contribution in [0.5, 0.6) is 0 Å². The van der Waals surface area contributed by atoms with Crippen molar-refractivity contribution in [1.82, 2.24) is 4.98 Å². The van der Waals surface area contributed by atoms with Crippen LogP contribution in [0.15, 0.2) is 30.5 Å². The van der Waals surface area contributed by atoms with E-state index in [4.69, 9.17) is 0 Å². The lowest BCUT2D eigenvalue weighted by molar-refractivity contribution is -0.116. The van der Waals surface area contributed by atoms with Crippen LogP contribution in [-0.2, 0) is 17.6 Å². The first-order valence-electron chi connectivity index (χ1n) is 5.31. The highest BCUT2D eigenvalue weighted by Crippen LogP contribution is 2.18. The Morgan fingerprint density at radius 2 is 2.29 bits per heavy atom. The number of Topliss-reactive ketones (excluding diaryl/α,β-unsaturated/α-hetero) is 1. The number of hydrogen-bond donors (Lipinski definition) is 0. The summed E-state index contributed by atoms with van der Waals surface area (Å²) in [5, 5.41) is 0.909. The van der Waals surface area contributed by atoms with Gasteiger partial charge in [0.25, 0.3) is 0 Å². The molecule has 1 aromatic heterocycles. The van der Waals surface area contributed by atoms with Gasteiger partial charge in [-0.15, -0.1) is 11.3 Å². The Kier molecular flexibility index (Phi) is 3.64. The number of carbonyl (C=O) groups is 1. The van der Waals surface area contributed by atoms with Crippen molar-refractivity contribution in [3.8, 4) is 0 Å². The second-order valence-corrected chi connectivity index (χ2v) is 5.11. The van der Waals surface area contributed by atoms with E-state index >= 15 is 0 Å². The molecule has 2 rings (SSSR count). The molecule has 88 valence electrons. The van der Waals surface area contributed by atoms with Crippen molar-refractivity contribution in [3.05, 3.63) is 51.7 Å². The molecule has 1 heterocycles. The Hall–Kier alpha value is -1.55. The molecule has 0 saturated carbocycles. The maximum absolute atomic E-state index is 13.0. The lowest BCUT2D eigenvalue weighted by Gasteiger charge is -1.97. The maximum Gasteiger partial charge on any atom is 0.135 e. The molecule has 0 N–H and O–H groups in total. The summed E-state index contributed by atoms with van der Waals surface area (Å²) in [7, 11) is 0. The average Bonchev–Trinajstić information content (AvgIpc) is 2.64. The van der Waals surface area contributed by atoms with Gasteiger partial charge in [0.05, 0.1) is 5.01 Å². The zero-order valence-corrected chi connectivity index (χ0v) is 10.3. The third kappa shape index (κ3) is 3.46. The Morgan fingerprint density at radius 1 is 1.47 bits per heavy atom. The van der Waals surface area contributed by atoms with Gasteiger partial charge in [-0.25, -0.2) is 9.37 Å². The molecule has 0 aliphatic rings. The molecule has 0 radical (unpaired) electrons. The number of rotatable bonds is 4. The Morgan fingerprint density at radius 3 is 3.00 bits per heavy atom. The summed E-state index contributed by atoms with van der Waals surface area (Å²) in [5.41, 5.74) is 0.897. The predicted octanol–water partition coefficient (Wildman–Crippen LogP) is 3.00. The molecule has 2 aromatic rings. The number of halogens is 1. The summed E-state index contributed by atoms with van der Waals surface area (Å²) in [5.74, 6) is -0.103. The summed E-state index contributed by atoms with van der Waals surface area (Å²) in [6, 6.07) is 6.49. The van der Waals surface area contributed by atoms with Gasteiger partial charge in [0.15, 0.2) is 0 Å². The lowest BCUT2D eigenvalue weighted by Crippen LogP contribution is -1.92. The smallest absolute Gasteiger partial charge is 0.135 e. The molecule has 0 unspecified atom stereocenters. The highest BCUT2D eigenvalue weighted by Gasteiger charge is 2.05. The predicted molar refractivity (Wildman–Crippen MR) is 65.7 cm³/mol. The molecule has 0 bridgehead atoms. The van der Waals surface area contributed by atoms with Crippen LogP contribution in [-0.4, -0.2) is 10.8 Å². The summed E-state index contributed by atoms with van der Waals surface area (Å²) >= 11 is 1.51. The first kappa shape index (κ1) is 11.9. The van der Waals surface area contributed by atoms with Gasteiger partial charge in [-0.05, 0) is 24.6 Å². The second-order valence-electron chi connectivity index (χ2n) is 3.91. The molecule has 0 spiro atoms. The largest absolute Gasteiger partial charge is 0.300 e. The van der Waals surface area contributed by atoms with Gasteiger partial charge in [-0.3, -0.25) is 4.79 Å². The Labute approximate surface area is 103 Å². The van der Waals surface area contributed by atoms with E-state index in [2.05, 4.69) is 4.98 Å². The molecular formula is C13H12FNOS. The number of thiazole rings is 1. The van der Waals surface area contributed by atoms with Crippen molar-refractivity contribution >= 4 is 17.1 Å². The molecule has 1 aromatic carbocycles. The Balaban J connectivity index is 2.08. The van der Waals surface area contributed by atoms with Crippen LogP contribution in [0.2, 0.25) is 0 Å². The number of aromatic nitrogens is 1. The molecular weight excluding hydrogens is 237 g/mol. The van der Waals surface area contributed by atoms with E-state index in [0.29, 0.717) is 12.8 Å². The summed E-state index contributed by atoms with van der Waals surface area (Å²) in [6.07, 6.45) is 2.77. The minimum Gasteiger partial charge on any atom is -0.300 e. The molecule has 0 atom stereocenters. The monoisotopic (exact) mass is 249 g/mol. The molecule has 0 aliphatic carbocycles. The van der Waals surface area contributed by atoms with Gasteiger partial charge in [-0.1, -0.05) is 12.1 Å². The van der Waals surface area contributed by atoms with Crippen LogP contribution in [0.1, 0.15) is 22.4 Å². The van der Waals surface area contributed by atoms with Gasteiger partial charge in [-0.2, -0.15) is 0 Å². The summed E-state index contributed by atoms with van der Waals surface area (Å²) in [6.45, 7) is 1.56. The van der Waals surface area contributed by atoms with Crippen LogP contribution in [0.4, 0.5) is 4.39 Å². The van der Waals surface area contributed by atoms with Crippen LogP contribution in [0, 0.1) is 5.82 Å². The summed E-state index contributed by atoms with van der Waals surface area (Å²) < 4.78 is 13.0. The van der Waals surface area contributed by atoms with Gasteiger partial charge >= 0.3 is 0 Å². The van der Waals surface area contributed by atoms with Crippen molar-refractivity contribution in [3.63, 3.8) is 0 Å². The van der Waals surface area contributed by atoms with Gasteiger partial charge in [0.1, 0.15) is 11.6 Å². The molecule has 0 fully saturated rings. The third-order valence-corrected chi connectivity index (χ3v) is 3.27. The molecule has 4 heteroatoms.